The van der Waals surface area contributed by atoms with Gasteiger partial charge in [-0.25, -0.2) is 0 Å². The van der Waals surface area contributed by atoms with Crippen LogP contribution in [0.3, 0.4) is 0 Å². The van der Waals surface area contributed by atoms with Crippen molar-refractivity contribution < 1.29 is 4.79 Å². The first kappa shape index (κ1) is 13.1. The fraction of sp³-hybridized carbons (Fsp3) is 0.214. The van der Waals surface area contributed by atoms with Crippen LogP contribution in [0, 0.1) is 0 Å². The van der Waals surface area contributed by atoms with Gasteiger partial charge in [0.15, 0.2) is 0 Å². The van der Waals surface area contributed by atoms with Crippen molar-refractivity contribution in [3.63, 3.8) is 0 Å². The van der Waals surface area contributed by atoms with Gasteiger partial charge in [0, 0.05) is 0 Å². The number of rotatable bonds is 4. The van der Waals surface area contributed by atoms with Crippen molar-refractivity contribution in [2.45, 2.75) is 19.4 Å². The van der Waals surface area contributed by atoms with Crippen LogP contribution in [0.1, 0.15) is 34.6 Å². The Balaban J connectivity index is 2.10. The highest BCUT2D eigenvalue weighted by Crippen LogP contribution is 2.23. The molecule has 1 aromatic heterocycles. The predicted octanol–water partition coefficient (Wildman–Crippen LogP) is 4.28. The Morgan fingerprint density at radius 1 is 1.28 bits per heavy atom. The highest BCUT2D eigenvalue weighted by atomic mass is 35.5. The van der Waals surface area contributed by atoms with Crippen LogP contribution in [0.15, 0.2) is 42.5 Å². The molecule has 2 rings (SSSR count). The first-order valence-electron chi connectivity index (χ1n) is 5.82. The Hall–Kier alpha value is -1.32. The number of thiophene rings is 1. The summed E-state index contributed by atoms with van der Waals surface area (Å²) in [5.74, 6) is -0.0670. The van der Waals surface area contributed by atoms with Crippen molar-refractivity contribution in [2.24, 2.45) is 0 Å². The van der Waals surface area contributed by atoms with E-state index < -0.39 is 0 Å². The van der Waals surface area contributed by atoms with Crippen molar-refractivity contribution in [1.82, 2.24) is 5.32 Å². The van der Waals surface area contributed by atoms with Crippen LogP contribution in [-0.2, 0) is 0 Å². The van der Waals surface area contributed by atoms with E-state index in [-0.39, 0.29) is 11.9 Å². The van der Waals surface area contributed by atoms with Gasteiger partial charge in [0.2, 0.25) is 0 Å². The monoisotopic (exact) mass is 279 g/mol. The van der Waals surface area contributed by atoms with Crippen molar-refractivity contribution in [3.8, 4) is 0 Å². The fourth-order valence-corrected chi connectivity index (χ4v) is 2.72. The lowest BCUT2D eigenvalue weighted by molar-refractivity contribution is 0.0939. The van der Waals surface area contributed by atoms with Crippen LogP contribution in [-0.4, -0.2) is 5.91 Å². The van der Waals surface area contributed by atoms with E-state index in [2.05, 4.69) is 12.2 Å². The van der Waals surface area contributed by atoms with Crippen LogP contribution in [0.4, 0.5) is 0 Å². The quantitative estimate of drug-likeness (QED) is 0.889. The van der Waals surface area contributed by atoms with Crippen molar-refractivity contribution >= 4 is 28.8 Å². The maximum absolute atomic E-state index is 12.0. The molecule has 1 atom stereocenters. The molecular weight excluding hydrogens is 266 g/mol. The fourth-order valence-electron chi connectivity index (χ4n) is 1.77. The molecule has 0 spiro atoms. The Labute approximate surface area is 116 Å². The summed E-state index contributed by atoms with van der Waals surface area (Å²) < 4.78 is 0.632. The van der Waals surface area contributed by atoms with E-state index in [1.165, 1.54) is 11.3 Å². The Bertz CT molecular complexity index is 524. The lowest BCUT2D eigenvalue weighted by Gasteiger charge is -2.16. The third-order valence-corrected chi connectivity index (χ3v) is 3.94. The molecule has 0 bridgehead atoms. The zero-order valence-corrected chi connectivity index (χ0v) is 11.6. The van der Waals surface area contributed by atoms with Crippen molar-refractivity contribution in [2.75, 3.05) is 0 Å². The molecule has 0 aliphatic rings. The molecule has 2 aromatic rings. The molecule has 1 aromatic carbocycles. The van der Waals surface area contributed by atoms with E-state index >= 15 is 0 Å². The molecule has 0 aliphatic carbocycles. The molecule has 0 fully saturated rings. The average molecular weight is 280 g/mol. The van der Waals surface area contributed by atoms with E-state index in [9.17, 15) is 4.79 Å². The summed E-state index contributed by atoms with van der Waals surface area (Å²) >= 11 is 7.13. The summed E-state index contributed by atoms with van der Waals surface area (Å²) in [7, 11) is 0. The van der Waals surface area contributed by atoms with E-state index in [0.717, 1.165) is 12.0 Å². The van der Waals surface area contributed by atoms with Gasteiger partial charge in [0.1, 0.15) is 0 Å². The van der Waals surface area contributed by atoms with Crippen LogP contribution in [0.2, 0.25) is 4.34 Å². The van der Waals surface area contributed by atoms with E-state index in [0.29, 0.717) is 9.21 Å². The van der Waals surface area contributed by atoms with E-state index in [4.69, 9.17) is 11.6 Å². The summed E-state index contributed by atoms with van der Waals surface area (Å²) in [5, 5.41) is 3.03. The first-order valence-corrected chi connectivity index (χ1v) is 7.01. The third-order valence-electron chi connectivity index (χ3n) is 2.71. The molecule has 1 N–H and O–H groups in total. The van der Waals surface area contributed by atoms with Gasteiger partial charge < -0.3 is 5.32 Å². The number of hydrogen-bond donors (Lipinski definition) is 1. The Morgan fingerprint density at radius 2 is 2.00 bits per heavy atom. The molecule has 0 radical (unpaired) electrons. The molecular formula is C14H14ClNOS. The normalized spacial score (nSPS) is 12.1. The second-order valence-electron chi connectivity index (χ2n) is 3.95. The number of nitrogens with one attached hydrogen (secondary N) is 1. The van der Waals surface area contributed by atoms with Crippen molar-refractivity contribution in [1.29, 1.82) is 0 Å². The zero-order valence-electron chi connectivity index (χ0n) is 10.0. The number of benzene rings is 1. The Morgan fingerprint density at radius 3 is 2.56 bits per heavy atom. The number of halogens is 1. The van der Waals surface area contributed by atoms with E-state index in [1.54, 1.807) is 12.1 Å². The van der Waals surface area contributed by atoms with Gasteiger partial charge in [-0.1, -0.05) is 48.9 Å². The number of carbonyl (C=O) groups excluding carboxylic acids is 1. The second-order valence-corrected chi connectivity index (χ2v) is 5.66. The maximum atomic E-state index is 12.0. The van der Waals surface area contributed by atoms with Gasteiger partial charge >= 0.3 is 0 Å². The maximum Gasteiger partial charge on any atom is 0.261 e. The van der Waals surface area contributed by atoms with Gasteiger partial charge in [0.25, 0.3) is 5.91 Å². The molecule has 1 heterocycles. The van der Waals surface area contributed by atoms with Gasteiger partial charge in [-0.05, 0) is 24.1 Å². The average Bonchev–Trinajstić information content (AvgIpc) is 2.83. The highest BCUT2D eigenvalue weighted by molar-refractivity contribution is 7.17. The molecule has 0 saturated carbocycles. The van der Waals surface area contributed by atoms with Crippen LogP contribution in [0.25, 0.3) is 0 Å². The summed E-state index contributed by atoms with van der Waals surface area (Å²) in [6.07, 6.45) is 0.856. The van der Waals surface area contributed by atoms with Crippen LogP contribution >= 0.6 is 22.9 Å². The minimum absolute atomic E-state index is 0.0413. The topological polar surface area (TPSA) is 29.1 Å². The molecule has 0 unspecified atom stereocenters. The summed E-state index contributed by atoms with van der Waals surface area (Å²) in [6, 6.07) is 13.5. The molecule has 1 amide bonds. The summed E-state index contributed by atoms with van der Waals surface area (Å²) in [4.78, 5) is 12.7. The highest BCUT2D eigenvalue weighted by Gasteiger charge is 2.15. The smallest absolute Gasteiger partial charge is 0.261 e. The minimum atomic E-state index is -0.0670. The molecule has 0 aliphatic heterocycles. The van der Waals surface area contributed by atoms with Crippen molar-refractivity contribution in [3.05, 3.63) is 57.2 Å². The number of hydrogen-bond acceptors (Lipinski definition) is 2. The zero-order chi connectivity index (χ0) is 13.0. The number of carbonyl (C=O) groups is 1. The lowest BCUT2D eigenvalue weighted by atomic mass is 10.0. The van der Waals surface area contributed by atoms with Gasteiger partial charge in [-0.2, -0.15) is 0 Å². The second kappa shape index (κ2) is 6.03. The SMILES string of the molecule is CC[C@H](NC(=O)c1ccc(Cl)s1)c1ccccc1. The summed E-state index contributed by atoms with van der Waals surface area (Å²) in [6.45, 7) is 2.05. The first-order chi connectivity index (χ1) is 8.70. The predicted molar refractivity (Wildman–Crippen MR) is 76.3 cm³/mol. The molecule has 94 valence electrons. The molecule has 2 nitrogen and oxygen atoms in total. The standard InChI is InChI=1S/C14H14ClNOS/c1-2-11(10-6-4-3-5-7-10)16-14(17)12-8-9-13(15)18-12/h3-9,11H,2H2,1H3,(H,16,17)/t11-/m0/s1. The minimum Gasteiger partial charge on any atom is -0.345 e. The lowest BCUT2D eigenvalue weighted by Crippen LogP contribution is -2.27. The van der Waals surface area contributed by atoms with Gasteiger partial charge in [0.05, 0.1) is 15.3 Å². The van der Waals surface area contributed by atoms with E-state index in [1.807, 2.05) is 30.3 Å². The third kappa shape index (κ3) is 3.12. The molecule has 0 saturated heterocycles. The summed E-state index contributed by atoms with van der Waals surface area (Å²) in [5.41, 5.74) is 1.12. The number of amides is 1. The Kier molecular flexibility index (Phi) is 4.39. The van der Waals surface area contributed by atoms with Gasteiger partial charge in [-0.15, -0.1) is 11.3 Å². The van der Waals surface area contributed by atoms with Crippen LogP contribution in [0.5, 0.6) is 0 Å². The largest absolute Gasteiger partial charge is 0.345 e. The van der Waals surface area contributed by atoms with Gasteiger partial charge in [-0.3, -0.25) is 4.79 Å². The van der Waals surface area contributed by atoms with Crippen LogP contribution < -0.4 is 5.32 Å². The molecule has 4 heteroatoms. The molecule has 18 heavy (non-hydrogen) atoms.